The van der Waals surface area contributed by atoms with Crippen molar-refractivity contribution in [2.24, 2.45) is 0 Å². The van der Waals surface area contributed by atoms with Crippen LogP contribution >= 0.6 is 0 Å². The summed E-state index contributed by atoms with van der Waals surface area (Å²) in [5.74, 6) is -0.387. The van der Waals surface area contributed by atoms with Crippen molar-refractivity contribution in [2.75, 3.05) is 22.4 Å². The fourth-order valence-corrected chi connectivity index (χ4v) is 3.04. The van der Waals surface area contributed by atoms with Gasteiger partial charge in [0.1, 0.15) is 5.82 Å². The van der Waals surface area contributed by atoms with Crippen molar-refractivity contribution in [1.29, 1.82) is 0 Å². The van der Waals surface area contributed by atoms with Gasteiger partial charge in [-0.05, 0) is 32.0 Å². The van der Waals surface area contributed by atoms with Crippen molar-refractivity contribution in [3.05, 3.63) is 24.0 Å². The molecule has 2 rings (SSSR count). The molecule has 0 unspecified atom stereocenters. The fraction of sp³-hybridized carbons (Fsp3) is 0.455. The topological polar surface area (TPSA) is 49.4 Å². The summed E-state index contributed by atoms with van der Waals surface area (Å²) in [4.78, 5) is 0. The molecule has 1 aliphatic rings. The molecule has 0 spiro atoms. The summed E-state index contributed by atoms with van der Waals surface area (Å²) in [5, 5.41) is 3.13. The molecule has 4 nitrogen and oxygen atoms in total. The Morgan fingerprint density at radius 3 is 2.65 bits per heavy atom. The Kier molecular flexibility index (Phi) is 2.57. The third kappa shape index (κ3) is 2.36. The van der Waals surface area contributed by atoms with Crippen LogP contribution in [0.1, 0.15) is 13.8 Å². The van der Waals surface area contributed by atoms with Gasteiger partial charge in [0.15, 0.2) is 0 Å². The van der Waals surface area contributed by atoms with Gasteiger partial charge in [0.25, 0.3) is 0 Å². The monoisotopic (exact) mass is 258 g/mol. The second-order valence-electron chi connectivity index (χ2n) is 4.94. The van der Waals surface area contributed by atoms with Crippen LogP contribution in [0.3, 0.4) is 0 Å². The van der Waals surface area contributed by atoms with Crippen molar-refractivity contribution in [2.45, 2.75) is 19.4 Å². The van der Waals surface area contributed by atoms with Crippen LogP contribution in [0.4, 0.5) is 15.8 Å². The smallest absolute Gasteiger partial charge is 0.232 e. The highest BCUT2D eigenvalue weighted by Crippen LogP contribution is 2.36. The molecular weight excluding hydrogens is 243 g/mol. The summed E-state index contributed by atoms with van der Waals surface area (Å²) in [7, 11) is -3.35. The Bertz CT molecular complexity index is 555. The predicted octanol–water partition coefficient (Wildman–Crippen LogP) is 1.80. The van der Waals surface area contributed by atoms with E-state index in [9.17, 15) is 12.8 Å². The minimum Gasteiger partial charge on any atom is -0.377 e. The molecule has 0 atom stereocenters. The van der Waals surface area contributed by atoms with Gasteiger partial charge in [-0.25, -0.2) is 12.8 Å². The van der Waals surface area contributed by atoms with E-state index in [0.717, 1.165) is 6.26 Å². The van der Waals surface area contributed by atoms with Gasteiger partial charge in [0.2, 0.25) is 10.0 Å². The van der Waals surface area contributed by atoms with Crippen LogP contribution in [0, 0.1) is 5.82 Å². The van der Waals surface area contributed by atoms with Crippen LogP contribution < -0.4 is 9.62 Å². The highest BCUT2D eigenvalue weighted by Gasteiger charge is 2.34. The quantitative estimate of drug-likeness (QED) is 0.835. The fourth-order valence-electron chi connectivity index (χ4n) is 1.97. The average Bonchev–Trinajstić information content (AvgIpc) is 2.12. The van der Waals surface area contributed by atoms with Crippen LogP contribution in [-0.4, -0.2) is 26.8 Å². The molecule has 0 aromatic heterocycles. The van der Waals surface area contributed by atoms with Gasteiger partial charge in [-0.1, -0.05) is 0 Å². The Labute approximate surface area is 100 Å². The highest BCUT2D eigenvalue weighted by atomic mass is 32.2. The van der Waals surface area contributed by atoms with Gasteiger partial charge in [-0.15, -0.1) is 0 Å². The Balaban J connectivity index is 2.59. The lowest BCUT2D eigenvalue weighted by Gasteiger charge is -2.40. The van der Waals surface area contributed by atoms with E-state index < -0.39 is 15.6 Å². The van der Waals surface area contributed by atoms with Crippen LogP contribution in [0.25, 0.3) is 0 Å². The van der Waals surface area contributed by atoms with Crippen LogP contribution in [0.5, 0.6) is 0 Å². The van der Waals surface area contributed by atoms with E-state index in [1.54, 1.807) is 0 Å². The minimum atomic E-state index is -3.35. The summed E-state index contributed by atoms with van der Waals surface area (Å²) in [6.45, 7) is 4.07. The van der Waals surface area contributed by atoms with E-state index in [1.165, 1.54) is 22.5 Å². The lowest BCUT2D eigenvalue weighted by Crippen LogP contribution is -2.50. The zero-order valence-electron chi connectivity index (χ0n) is 9.99. The molecule has 0 saturated carbocycles. The number of halogens is 1. The Hall–Kier alpha value is -1.30. The van der Waals surface area contributed by atoms with E-state index in [1.807, 2.05) is 13.8 Å². The summed E-state index contributed by atoms with van der Waals surface area (Å²) in [5.41, 5.74) is 0.573. The van der Waals surface area contributed by atoms with Crippen molar-refractivity contribution in [3.63, 3.8) is 0 Å². The molecule has 94 valence electrons. The third-order valence-electron chi connectivity index (χ3n) is 2.64. The molecular formula is C11H15FN2O2S. The highest BCUT2D eigenvalue weighted by molar-refractivity contribution is 7.92. The lowest BCUT2D eigenvalue weighted by molar-refractivity contribution is 0.544. The maximum atomic E-state index is 13.2. The molecule has 0 fully saturated rings. The number of fused-ring (bicyclic) bond motifs is 1. The average molecular weight is 258 g/mol. The lowest BCUT2D eigenvalue weighted by atomic mass is 10.0. The summed E-state index contributed by atoms with van der Waals surface area (Å²) in [6, 6.07) is 4.05. The van der Waals surface area contributed by atoms with Crippen LogP contribution in [0.15, 0.2) is 18.2 Å². The Morgan fingerprint density at radius 1 is 1.41 bits per heavy atom. The molecule has 1 aromatic carbocycles. The van der Waals surface area contributed by atoms with E-state index in [2.05, 4.69) is 5.32 Å². The second-order valence-corrected chi connectivity index (χ2v) is 6.85. The van der Waals surface area contributed by atoms with Gasteiger partial charge in [0.05, 0.1) is 29.7 Å². The van der Waals surface area contributed by atoms with E-state index in [-0.39, 0.29) is 5.82 Å². The Morgan fingerprint density at radius 2 is 2.06 bits per heavy atom. The molecule has 0 radical (unpaired) electrons. The number of nitrogens with zero attached hydrogens (tertiary/aromatic N) is 1. The first-order valence-corrected chi connectivity index (χ1v) is 7.09. The minimum absolute atomic E-state index is 0.324. The van der Waals surface area contributed by atoms with Gasteiger partial charge in [-0.3, -0.25) is 4.31 Å². The number of anilines is 2. The van der Waals surface area contributed by atoms with Crippen LogP contribution in [-0.2, 0) is 10.0 Å². The van der Waals surface area contributed by atoms with Crippen molar-refractivity contribution in [3.8, 4) is 0 Å². The van der Waals surface area contributed by atoms with Crippen molar-refractivity contribution < 1.29 is 12.8 Å². The molecule has 0 saturated heterocycles. The van der Waals surface area contributed by atoms with Crippen molar-refractivity contribution in [1.82, 2.24) is 0 Å². The van der Waals surface area contributed by atoms with E-state index >= 15 is 0 Å². The number of sulfonamides is 1. The zero-order chi connectivity index (χ0) is 12.8. The number of benzene rings is 1. The van der Waals surface area contributed by atoms with Crippen LogP contribution in [0.2, 0.25) is 0 Å². The summed E-state index contributed by atoms with van der Waals surface area (Å²) in [6.07, 6.45) is 1.15. The van der Waals surface area contributed by atoms with Crippen molar-refractivity contribution >= 4 is 21.4 Å². The number of rotatable bonds is 1. The molecule has 6 heteroatoms. The van der Waals surface area contributed by atoms with E-state index in [0.29, 0.717) is 17.9 Å². The SMILES string of the molecule is CC1(C)CN(S(C)(=O)=O)c2ccc(F)cc2N1. The first-order valence-electron chi connectivity index (χ1n) is 5.24. The first kappa shape index (κ1) is 12.2. The number of nitrogens with one attached hydrogen (secondary N) is 1. The van der Waals surface area contributed by atoms with E-state index in [4.69, 9.17) is 0 Å². The normalized spacial score (nSPS) is 18.5. The molecule has 1 heterocycles. The molecule has 1 aliphatic heterocycles. The van der Waals surface area contributed by atoms with Gasteiger partial charge < -0.3 is 5.32 Å². The predicted molar refractivity (Wildman–Crippen MR) is 66.3 cm³/mol. The molecule has 0 bridgehead atoms. The molecule has 17 heavy (non-hydrogen) atoms. The zero-order valence-corrected chi connectivity index (χ0v) is 10.8. The standard InChI is InChI=1S/C11H15FN2O2S/c1-11(2)7-14(17(3,15)16)10-5-4-8(12)6-9(10)13-11/h4-6,13H,7H2,1-3H3. The third-order valence-corrected chi connectivity index (χ3v) is 3.77. The molecule has 1 aromatic rings. The van der Waals surface area contributed by atoms with Gasteiger partial charge >= 0.3 is 0 Å². The van der Waals surface area contributed by atoms with Gasteiger partial charge in [-0.2, -0.15) is 0 Å². The summed E-state index contributed by atoms with van der Waals surface area (Å²) >= 11 is 0. The maximum Gasteiger partial charge on any atom is 0.232 e. The number of hydrogen-bond acceptors (Lipinski definition) is 3. The van der Waals surface area contributed by atoms with Gasteiger partial charge in [0, 0.05) is 0 Å². The first-order chi connectivity index (χ1) is 7.69. The maximum absolute atomic E-state index is 13.2. The molecule has 1 N–H and O–H groups in total. The molecule has 0 aliphatic carbocycles. The second kappa shape index (κ2) is 3.60. The molecule has 0 amide bonds. The summed E-state index contributed by atoms with van der Waals surface area (Å²) < 4.78 is 37.9. The number of hydrogen-bond donors (Lipinski definition) is 1. The largest absolute Gasteiger partial charge is 0.377 e.